The molecule has 1 fully saturated rings. The minimum Gasteiger partial charge on any atom is -0.487 e. The molecule has 1 amide bonds. The van der Waals surface area contributed by atoms with Crippen molar-refractivity contribution in [2.75, 3.05) is 5.73 Å². The second kappa shape index (κ2) is 5.09. The van der Waals surface area contributed by atoms with Gasteiger partial charge in [0.15, 0.2) is 0 Å². The first-order valence-corrected chi connectivity index (χ1v) is 7.19. The van der Waals surface area contributed by atoms with Gasteiger partial charge in [0, 0.05) is 23.1 Å². The molecule has 116 valence electrons. The second-order valence-electron chi connectivity index (χ2n) is 6.95. The molecule has 4 nitrogen and oxygen atoms in total. The van der Waals surface area contributed by atoms with Gasteiger partial charge in [-0.1, -0.05) is 6.92 Å². The van der Waals surface area contributed by atoms with Gasteiger partial charge in [0.1, 0.15) is 11.4 Å². The van der Waals surface area contributed by atoms with E-state index in [2.05, 4.69) is 5.32 Å². The Morgan fingerprint density at radius 3 is 2.62 bits per heavy atom. The molecule has 1 aromatic carbocycles. The van der Waals surface area contributed by atoms with Crippen LogP contribution in [0.5, 0.6) is 5.75 Å². The van der Waals surface area contributed by atoms with E-state index in [-0.39, 0.29) is 35.4 Å². The molecule has 1 aliphatic carbocycles. The smallest absolute Gasteiger partial charge is 0.226 e. The summed E-state index contributed by atoms with van der Waals surface area (Å²) in [5, 5.41) is 3.19. The molecular weight excluding hydrogens is 288 g/mol. The predicted octanol–water partition coefficient (Wildman–Crippen LogP) is 3.21. The number of carbonyl (C=O) groups is 1. The van der Waals surface area contributed by atoms with Crippen LogP contribution in [0.25, 0.3) is 0 Å². The van der Waals surface area contributed by atoms with Crippen LogP contribution in [0, 0.1) is 5.41 Å². The van der Waals surface area contributed by atoms with Crippen LogP contribution in [0.3, 0.4) is 0 Å². The molecule has 0 spiro atoms. The number of nitrogens with two attached hydrogens (primary N) is 1. The molecule has 0 radical (unpaired) electrons. The summed E-state index contributed by atoms with van der Waals surface area (Å²) in [4.78, 5) is 12.3. The van der Waals surface area contributed by atoms with Crippen molar-refractivity contribution in [2.45, 2.75) is 51.7 Å². The topological polar surface area (TPSA) is 64.4 Å². The van der Waals surface area contributed by atoms with E-state index in [9.17, 15) is 4.79 Å². The van der Waals surface area contributed by atoms with Crippen LogP contribution in [0.1, 0.15) is 51.6 Å². The van der Waals surface area contributed by atoms with E-state index in [1.807, 2.05) is 39.0 Å². The summed E-state index contributed by atoms with van der Waals surface area (Å²) in [5.74, 6) is 0.968. The summed E-state index contributed by atoms with van der Waals surface area (Å²) < 4.78 is 5.98. The molecular formula is C16H23ClN2O2. The molecule has 21 heavy (non-hydrogen) atoms. The molecule has 1 unspecified atom stereocenters. The Morgan fingerprint density at radius 2 is 2.00 bits per heavy atom. The maximum Gasteiger partial charge on any atom is 0.226 e. The van der Waals surface area contributed by atoms with E-state index in [1.54, 1.807) is 0 Å². The Morgan fingerprint density at radius 1 is 1.33 bits per heavy atom. The van der Waals surface area contributed by atoms with Crippen molar-refractivity contribution in [3.63, 3.8) is 0 Å². The van der Waals surface area contributed by atoms with Crippen molar-refractivity contribution in [1.29, 1.82) is 0 Å². The highest BCUT2D eigenvalue weighted by Crippen LogP contribution is 2.47. The number of hydrogen-bond donors (Lipinski definition) is 2. The highest BCUT2D eigenvalue weighted by atomic mass is 35.5. The van der Waals surface area contributed by atoms with E-state index < -0.39 is 0 Å². The third-order valence-electron chi connectivity index (χ3n) is 4.34. The van der Waals surface area contributed by atoms with Crippen LogP contribution in [-0.2, 0) is 4.79 Å². The summed E-state index contributed by atoms with van der Waals surface area (Å²) in [5.41, 5.74) is 7.11. The largest absolute Gasteiger partial charge is 0.487 e. The first-order chi connectivity index (χ1) is 9.29. The minimum absolute atomic E-state index is 0. The Hall–Kier alpha value is -1.42. The van der Waals surface area contributed by atoms with Crippen LogP contribution >= 0.6 is 12.4 Å². The number of nitrogens with one attached hydrogen (secondary N) is 1. The van der Waals surface area contributed by atoms with E-state index >= 15 is 0 Å². The summed E-state index contributed by atoms with van der Waals surface area (Å²) in [6.45, 7) is 6.11. The molecule has 0 aromatic heterocycles. The van der Waals surface area contributed by atoms with E-state index in [0.29, 0.717) is 5.69 Å². The highest BCUT2D eigenvalue weighted by Gasteiger charge is 2.46. The van der Waals surface area contributed by atoms with Crippen LogP contribution in [0.15, 0.2) is 18.2 Å². The lowest BCUT2D eigenvalue weighted by Crippen LogP contribution is -2.43. The molecule has 2 aliphatic rings. The molecule has 0 bridgehead atoms. The Balaban J connectivity index is 0.00000161. The zero-order valence-electron chi connectivity index (χ0n) is 12.7. The Bertz CT molecular complexity index is 567. The predicted molar refractivity (Wildman–Crippen MR) is 85.7 cm³/mol. The van der Waals surface area contributed by atoms with Crippen molar-refractivity contribution in [3.8, 4) is 5.75 Å². The number of benzene rings is 1. The van der Waals surface area contributed by atoms with Crippen molar-refractivity contribution in [1.82, 2.24) is 5.32 Å². The van der Waals surface area contributed by atoms with Crippen molar-refractivity contribution < 1.29 is 9.53 Å². The summed E-state index contributed by atoms with van der Waals surface area (Å²) in [6, 6.07) is 5.61. The van der Waals surface area contributed by atoms with Gasteiger partial charge in [0.2, 0.25) is 5.91 Å². The number of rotatable bonds is 2. The molecule has 3 N–H and O–H groups in total. The van der Waals surface area contributed by atoms with Crippen LogP contribution in [0.2, 0.25) is 0 Å². The van der Waals surface area contributed by atoms with Gasteiger partial charge in [0.05, 0.1) is 6.04 Å². The third-order valence-corrected chi connectivity index (χ3v) is 4.34. The zero-order valence-corrected chi connectivity index (χ0v) is 13.5. The van der Waals surface area contributed by atoms with E-state index in [4.69, 9.17) is 10.5 Å². The number of ether oxygens (including phenoxy) is 1. The average molecular weight is 311 g/mol. The SMILES string of the molecule is CC1(C)CC(NC(=O)C2(C)CC2)c2cc(N)ccc2O1.Cl. The fraction of sp³-hybridized carbons (Fsp3) is 0.562. The normalized spacial score (nSPS) is 24.0. The Kier molecular flexibility index (Phi) is 3.87. The maximum absolute atomic E-state index is 12.3. The third kappa shape index (κ3) is 3.10. The van der Waals surface area contributed by atoms with Crippen molar-refractivity contribution in [3.05, 3.63) is 23.8 Å². The van der Waals surface area contributed by atoms with E-state index in [0.717, 1.165) is 30.6 Å². The fourth-order valence-corrected chi connectivity index (χ4v) is 2.75. The van der Waals surface area contributed by atoms with Gasteiger partial charge in [-0.2, -0.15) is 0 Å². The summed E-state index contributed by atoms with van der Waals surface area (Å²) in [6.07, 6.45) is 2.72. The maximum atomic E-state index is 12.3. The second-order valence-corrected chi connectivity index (χ2v) is 6.95. The Labute approximate surface area is 131 Å². The number of amides is 1. The number of carbonyl (C=O) groups excluding carboxylic acids is 1. The van der Waals surface area contributed by atoms with Crippen molar-refractivity contribution in [2.24, 2.45) is 5.41 Å². The lowest BCUT2D eigenvalue weighted by atomic mass is 9.89. The standard InChI is InChI=1S/C16H22N2O2.ClH/c1-15(2)9-12(18-14(19)16(3)6-7-16)11-8-10(17)4-5-13(11)20-15;/h4-5,8,12H,6-7,9,17H2,1-3H3,(H,18,19);1H. The van der Waals surface area contributed by atoms with Gasteiger partial charge in [-0.25, -0.2) is 0 Å². The first kappa shape index (κ1) is 16.0. The fourth-order valence-electron chi connectivity index (χ4n) is 2.75. The van der Waals surface area contributed by atoms with Gasteiger partial charge in [-0.3, -0.25) is 4.79 Å². The molecule has 1 heterocycles. The number of hydrogen-bond acceptors (Lipinski definition) is 3. The van der Waals surface area contributed by atoms with Gasteiger partial charge in [-0.05, 0) is 44.9 Å². The monoisotopic (exact) mass is 310 g/mol. The number of nitrogen functional groups attached to an aromatic ring is 1. The van der Waals surface area contributed by atoms with Gasteiger partial charge >= 0.3 is 0 Å². The molecule has 1 atom stereocenters. The van der Waals surface area contributed by atoms with Crippen LogP contribution in [0.4, 0.5) is 5.69 Å². The number of fused-ring (bicyclic) bond motifs is 1. The summed E-state index contributed by atoms with van der Waals surface area (Å²) in [7, 11) is 0. The van der Waals surface area contributed by atoms with Gasteiger partial charge < -0.3 is 15.8 Å². The molecule has 5 heteroatoms. The van der Waals surface area contributed by atoms with Crippen LogP contribution in [-0.4, -0.2) is 11.5 Å². The van der Waals surface area contributed by atoms with E-state index in [1.165, 1.54) is 0 Å². The summed E-state index contributed by atoms with van der Waals surface area (Å²) >= 11 is 0. The first-order valence-electron chi connectivity index (χ1n) is 7.19. The van der Waals surface area contributed by atoms with Gasteiger partial charge in [-0.15, -0.1) is 12.4 Å². The lowest BCUT2D eigenvalue weighted by molar-refractivity contribution is -0.127. The average Bonchev–Trinajstić information content (AvgIpc) is 3.09. The molecule has 1 aromatic rings. The van der Waals surface area contributed by atoms with Gasteiger partial charge in [0.25, 0.3) is 0 Å². The zero-order chi connectivity index (χ0) is 14.5. The van der Waals surface area contributed by atoms with Crippen molar-refractivity contribution >= 4 is 24.0 Å². The van der Waals surface area contributed by atoms with Crippen LogP contribution < -0.4 is 15.8 Å². The molecule has 1 aliphatic heterocycles. The minimum atomic E-state index is -0.286. The molecule has 0 saturated heterocycles. The highest BCUT2D eigenvalue weighted by molar-refractivity contribution is 5.85. The quantitative estimate of drug-likeness (QED) is 0.824. The lowest BCUT2D eigenvalue weighted by Gasteiger charge is -2.38. The number of anilines is 1. The molecule has 3 rings (SSSR count). The number of halogens is 1. The molecule has 1 saturated carbocycles.